The third-order valence-corrected chi connectivity index (χ3v) is 7.35. The monoisotopic (exact) mass is 371 g/mol. The number of aromatic nitrogens is 1. The van der Waals surface area contributed by atoms with Crippen molar-refractivity contribution in [3.8, 4) is 0 Å². The minimum absolute atomic E-state index is 0.870. The van der Waals surface area contributed by atoms with E-state index in [2.05, 4.69) is 88.3 Å². The van der Waals surface area contributed by atoms with Crippen molar-refractivity contribution >= 4 is 44.6 Å². The lowest BCUT2D eigenvalue weighted by Crippen LogP contribution is -2.47. The molecule has 1 aromatic heterocycles. The van der Waals surface area contributed by atoms with Gasteiger partial charge in [0.15, 0.2) is 0 Å². The van der Waals surface area contributed by atoms with Crippen LogP contribution in [0.5, 0.6) is 0 Å². The molecule has 3 heterocycles. The Balaban J connectivity index is 1.69. The fraction of sp³-hybridized carbons (Fsp3) is 0.0455. The first-order chi connectivity index (χ1) is 12.9. The van der Waals surface area contributed by atoms with Crippen LogP contribution in [0.15, 0.2) is 88.8 Å². The zero-order chi connectivity index (χ0) is 17.1. The Bertz CT molecular complexity index is 1190. The molecule has 0 aliphatic carbocycles. The molecule has 0 N–H and O–H groups in total. The van der Waals surface area contributed by atoms with Gasteiger partial charge in [-0.15, -0.1) is 0 Å². The van der Waals surface area contributed by atoms with Crippen LogP contribution in [0.3, 0.4) is 0 Å². The van der Waals surface area contributed by atoms with Gasteiger partial charge in [0.2, 0.25) is 12.2 Å². The van der Waals surface area contributed by atoms with Gasteiger partial charge in [0, 0.05) is 11.0 Å². The Morgan fingerprint density at radius 3 is 2.50 bits per heavy atom. The van der Waals surface area contributed by atoms with E-state index < -0.39 is 0 Å². The number of thiazole rings is 1. The number of rotatable bonds is 1. The van der Waals surface area contributed by atoms with Gasteiger partial charge in [0.1, 0.15) is 9.73 Å². The highest BCUT2D eigenvalue weighted by Crippen LogP contribution is 2.51. The number of anilines is 1. The largest absolute Gasteiger partial charge is 0.277 e. The average Bonchev–Trinajstić information content (AvgIpc) is 3.25. The number of para-hydroxylation sites is 2. The smallest absolute Gasteiger partial charge is 0.275 e. The Hall–Kier alpha value is -2.56. The second-order valence-corrected chi connectivity index (χ2v) is 8.55. The molecule has 124 valence electrons. The predicted octanol–water partition coefficient (Wildman–Crippen LogP) is 5.49. The maximum absolute atomic E-state index is 2.47. The van der Waals surface area contributed by atoms with E-state index in [0.717, 1.165) is 6.67 Å². The molecule has 0 saturated carbocycles. The highest BCUT2D eigenvalue weighted by atomic mass is 32.2. The third-order valence-electron chi connectivity index (χ3n) is 4.99. The maximum atomic E-state index is 2.47. The van der Waals surface area contributed by atoms with E-state index in [1.165, 1.54) is 42.0 Å². The minimum atomic E-state index is 0.870. The molecule has 0 spiro atoms. The Kier molecular flexibility index (Phi) is 3.07. The molecule has 6 rings (SSSR count). The van der Waals surface area contributed by atoms with E-state index in [-0.39, 0.29) is 0 Å². The number of fused-ring (bicyclic) bond motifs is 6. The van der Waals surface area contributed by atoms with Gasteiger partial charge >= 0.3 is 0 Å². The summed E-state index contributed by atoms with van der Waals surface area (Å²) >= 11 is 3.79. The lowest BCUT2D eigenvalue weighted by atomic mass is 10.1. The molecular weight excluding hydrogens is 356 g/mol. The van der Waals surface area contributed by atoms with Crippen molar-refractivity contribution < 1.29 is 4.57 Å². The Labute approximate surface area is 160 Å². The van der Waals surface area contributed by atoms with E-state index in [1.807, 2.05) is 23.1 Å². The molecule has 2 nitrogen and oxygen atoms in total. The highest BCUT2D eigenvalue weighted by molar-refractivity contribution is 8.04. The van der Waals surface area contributed by atoms with Gasteiger partial charge in [-0.2, -0.15) is 4.57 Å². The van der Waals surface area contributed by atoms with Crippen LogP contribution in [0.1, 0.15) is 10.6 Å². The predicted molar refractivity (Wildman–Crippen MR) is 109 cm³/mol. The standard InChI is InChI=1S/C22H15N2S2/c1-2-8-15(9-3-1)20-21-23(16-10-4-6-12-18(16)25-21)14-24-17-11-5-7-13-19(17)26-22(20)24/h1-13H,14H2/q+1. The van der Waals surface area contributed by atoms with Crippen LogP contribution in [0.4, 0.5) is 5.69 Å². The van der Waals surface area contributed by atoms with Crippen LogP contribution in [0, 0.1) is 0 Å². The molecule has 4 aromatic rings. The molecule has 0 bridgehead atoms. The normalized spacial score (nSPS) is 15.2. The van der Waals surface area contributed by atoms with Crippen LogP contribution in [0.25, 0.3) is 15.8 Å². The minimum Gasteiger partial charge on any atom is -0.277 e. The second kappa shape index (κ2) is 5.47. The summed E-state index contributed by atoms with van der Waals surface area (Å²) in [6, 6.07) is 28.3. The van der Waals surface area contributed by atoms with Gasteiger partial charge in [0.05, 0.1) is 11.3 Å². The molecule has 2 aliphatic heterocycles. The van der Waals surface area contributed by atoms with Gasteiger partial charge in [-0.25, -0.2) is 0 Å². The van der Waals surface area contributed by atoms with E-state index in [0.29, 0.717) is 0 Å². The van der Waals surface area contributed by atoms with Crippen molar-refractivity contribution in [2.75, 3.05) is 4.90 Å². The van der Waals surface area contributed by atoms with Crippen molar-refractivity contribution in [2.24, 2.45) is 0 Å². The number of hydrogen-bond donors (Lipinski definition) is 0. The summed E-state index contributed by atoms with van der Waals surface area (Å²) in [6.45, 7) is 0.870. The maximum Gasteiger partial charge on any atom is 0.275 e. The average molecular weight is 372 g/mol. The summed E-state index contributed by atoms with van der Waals surface area (Å²) in [6.07, 6.45) is 0. The van der Waals surface area contributed by atoms with E-state index >= 15 is 0 Å². The van der Waals surface area contributed by atoms with Crippen molar-refractivity contribution in [3.05, 3.63) is 94.5 Å². The van der Waals surface area contributed by atoms with Crippen LogP contribution in [-0.2, 0) is 6.67 Å². The molecule has 0 radical (unpaired) electrons. The van der Waals surface area contributed by atoms with E-state index in [1.54, 1.807) is 0 Å². The molecule has 0 atom stereocenters. The Morgan fingerprint density at radius 2 is 1.58 bits per heavy atom. The molecule has 4 heteroatoms. The van der Waals surface area contributed by atoms with Gasteiger partial charge in [-0.3, -0.25) is 4.90 Å². The first-order valence-corrected chi connectivity index (χ1v) is 10.3. The number of nitrogens with zero attached hydrogens (tertiary/aromatic N) is 2. The van der Waals surface area contributed by atoms with Crippen LogP contribution in [-0.4, -0.2) is 0 Å². The third kappa shape index (κ3) is 1.97. The van der Waals surface area contributed by atoms with Gasteiger partial charge in [0.25, 0.3) is 5.01 Å². The molecular formula is C22H15N2S2+. The van der Waals surface area contributed by atoms with Crippen LogP contribution >= 0.6 is 23.1 Å². The molecule has 2 aliphatic rings. The van der Waals surface area contributed by atoms with Crippen molar-refractivity contribution in [3.63, 3.8) is 0 Å². The molecule has 0 fully saturated rings. The second-order valence-electron chi connectivity index (χ2n) is 6.49. The molecule has 26 heavy (non-hydrogen) atoms. The quantitative estimate of drug-likeness (QED) is 0.409. The van der Waals surface area contributed by atoms with Crippen molar-refractivity contribution in [1.29, 1.82) is 0 Å². The number of benzene rings is 3. The summed E-state index contributed by atoms with van der Waals surface area (Å²) in [4.78, 5) is 3.81. The number of thioether (sulfide) groups is 1. The summed E-state index contributed by atoms with van der Waals surface area (Å²) in [7, 11) is 0. The summed E-state index contributed by atoms with van der Waals surface area (Å²) < 4.78 is 3.81. The number of hydrogen-bond acceptors (Lipinski definition) is 3. The zero-order valence-corrected chi connectivity index (χ0v) is 15.6. The fourth-order valence-corrected chi connectivity index (χ4v) is 6.31. The first-order valence-electron chi connectivity index (χ1n) is 8.66. The van der Waals surface area contributed by atoms with Crippen LogP contribution in [0.2, 0.25) is 0 Å². The van der Waals surface area contributed by atoms with Gasteiger partial charge < -0.3 is 0 Å². The molecule has 3 aromatic carbocycles. The first kappa shape index (κ1) is 14.6. The molecule has 0 saturated heterocycles. The van der Waals surface area contributed by atoms with Gasteiger partial charge in [-0.05, 0) is 23.8 Å². The summed E-state index contributed by atoms with van der Waals surface area (Å²) in [5.41, 5.74) is 5.26. The van der Waals surface area contributed by atoms with E-state index in [4.69, 9.17) is 0 Å². The zero-order valence-electron chi connectivity index (χ0n) is 13.9. The van der Waals surface area contributed by atoms with E-state index in [9.17, 15) is 0 Å². The molecule has 0 unspecified atom stereocenters. The summed E-state index contributed by atoms with van der Waals surface area (Å²) in [5, 5.41) is 2.70. The van der Waals surface area contributed by atoms with Crippen LogP contribution < -0.4 is 9.47 Å². The van der Waals surface area contributed by atoms with Crippen molar-refractivity contribution in [1.82, 2.24) is 0 Å². The molecule has 0 amide bonds. The fourth-order valence-electron chi connectivity index (χ4n) is 3.81. The van der Waals surface area contributed by atoms with Crippen molar-refractivity contribution in [2.45, 2.75) is 11.6 Å². The lowest BCUT2D eigenvalue weighted by molar-refractivity contribution is -0.668. The topological polar surface area (TPSA) is 7.12 Å². The highest BCUT2D eigenvalue weighted by Gasteiger charge is 2.40. The lowest BCUT2D eigenvalue weighted by Gasteiger charge is -2.23. The summed E-state index contributed by atoms with van der Waals surface area (Å²) in [5.74, 6) is 0. The Morgan fingerprint density at radius 1 is 0.808 bits per heavy atom. The van der Waals surface area contributed by atoms with Gasteiger partial charge in [-0.1, -0.05) is 77.7 Å². The SMILES string of the molecule is c1ccc(C2=C3Sc4ccccc4N3C[n+]3c2sc2ccccc23)cc1.